The van der Waals surface area contributed by atoms with Gasteiger partial charge in [0.2, 0.25) is 15.9 Å². The van der Waals surface area contributed by atoms with E-state index in [4.69, 9.17) is 0 Å². The third kappa shape index (κ3) is 4.92. The second kappa shape index (κ2) is 9.52. The van der Waals surface area contributed by atoms with Crippen molar-refractivity contribution < 1.29 is 17.6 Å². The molecule has 0 bridgehead atoms. The maximum atomic E-state index is 13.2. The zero-order chi connectivity index (χ0) is 22.7. The minimum atomic E-state index is -3.88. The fourth-order valence-electron chi connectivity index (χ4n) is 3.84. The number of rotatable bonds is 6. The number of benzene rings is 3. The van der Waals surface area contributed by atoms with Crippen LogP contribution in [0.1, 0.15) is 18.4 Å². The van der Waals surface area contributed by atoms with Crippen LogP contribution in [0.3, 0.4) is 0 Å². The first-order valence-corrected chi connectivity index (χ1v) is 12.5. The highest BCUT2D eigenvalue weighted by Crippen LogP contribution is 2.27. The average Bonchev–Trinajstić information content (AvgIpc) is 3.30. The summed E-state index contributed by atoms with van der Waals surface area (Å²) in [6.07, 6.45) is 1.04. The van der Waals surface area contributed by atoms with E-state index in [9.17, 15) is 17.6 Å². The summed E-state index contributed by atoms with van der Waals surface area (Å²) in [6.45, 7) is 0.557. The number of amides is 1. The largest absolute Gasteiger partial charge is 0.351 e. The van der Waals surface area contributed by atoms with E-state index in [1.54, 1.807) is 0 Å². The van der Waals surface area contributed by atoms with Gasteiger partial charge >= 0.3 is 0 Å². The van der Waals surface area contributed by atoms with E-state index in [-0.39, 0.29) is 17.3 Å². The molecular weight excluding hydrogens is 495 g/mol. The molecule has 1 N–H and O–H groups in total. The lowest BCUT2D eigenvalue weighted by Gasteiger charge is -2.23. The molecule has 1 heterocycles. The molecule has 166 valence electrons. The zero-order valence-electron chi connectivity index (χ0n) is 17.2. The minimum absolute atomic E-state index is 0.0131. The average molecular weight is 517 g/mol. The van der Waals surface area contributed by atoms with E-state index in [2.05, 4.69) is 21.2 Å². The summed E-state index contributed by atoms with van der Waals surface area (Å²) in [7, 11) is -3.88. The van der Waals surface area contributed by atoms with E-state index in [1.165, 1.54) is 16.4 Å². The molecule has 1 unspecified atom stereocenters. The molecule has 0 aliphatic carbocycles. The summed E-state index contributed by atoms with van der Waals surface area (Å²) < 4.78 is 41.4. The molecule has 3 aromatic rings. The molecule has 1 aliphatic heterocycles. The van der Waals surface area contributed by atoms with Crippen molar-refractivity contribution in [3.8, 4) is 11.1 Å². The zero-order valence-corrected chi connectivity index (χ0v) is 19.6. The van der Waals surface area contributed by atoms with Gasteiger partial charge < -0.3 is 5.32 Å². The summed E-state index contributed by atoms with van der Waals surface area (Å²) in [5.74, 6) is -0.840. The Balaban J connectivity index is 1.45. The lowest BCUT2D eigenvalue weighted by atomic mass is 10.0. The third-order valence-corrected chi connectivity index (χ3v) is 7.95. The maximum Gasteiger partial charge on any atom is 0.243 e. The number of hydrogen-bond acceptors (Lipinski definition) is 3. The number of sulfonamides is 1. The van der Waals surface area contributed by atoms with Gasteiger partial charge in [-0.15, -0.1) is 0 Å². The Morgan fingerprint density at radius 2 is 1.75 bits per heavy atom. The van der Waals surface area contributed by atoms with Crippen LogP contribution >= 0.6 is 15.9 Å². The van der Waals surface area contributed by atoms with Gasteiger partial charge in [0.25, 0.3) is 0 Å². The summed E-state index contributed by atoms with van der Waals surface area (Å²) in [5, 5.41) is 2.88. The van der Waals surface area contributed by atoms with Crippen molar-refractivity contribution in [3.63, 3.8) is 0 Å². The Morgan fingerprint density at radius 1 is 1.03 bits per heavy atom. The number of nitrogens with zero attached hydrogens (tertiary/aromatic N) is 1. The fraction of sp³-hybridized carbons (Fsp3) is 0.208. The van der Waals surface area contributed by atoms with Crippen LogP contribution in [0.5, 0.6) is 0 Å². The van der Waals surface area contributed by atoms with Crippen LogP contribution in [0, 0.1) is 5.82 Å². The molecule has 5 nitrogen and oxygen atoms in total. The van der Waals surface area contributed by atoms with Gasteiger partial charge in [-0.3, -0.25) is 4.79 Å². The maximum absolute atomic E-state index is 13.2. The van der Waals surface area contributed by atoms with E-state index < -0.39 is 21.9 Å². The Labute approximate surface area is 195 Å². The predicted octanol–water partition coefficient (Wildman–Crippen LogP) is 4.72. The van der Waals surface area contributed by atoms with Gasteiger partial charge in [0.1, 0.15) is 11.9 Å². The van der Waals surface area contributed by atoms with Crippen LogP contribution < -0.4 is 5.32 Å². The van der Waals surface area contributed by atoms with Crippen LogP contribution in [0.2, 0.25) is 0 Å². The van der Waals surface area contributed by atoms with Crippen molar-refractivity contribution in [2.45, 2.75) is 30.3 Å². The fourth-order valence-corrected chi connectivity index (χ4v) is 5.76. The summed E-state index contributed by atoms with van der Waals surface area (Å²) in [6, 6.07) is 19.7. The third-order valence-electron chi connectivity index (χ3n) is 5.50. The molecule has 0 spiro atoms. The van der Waals surface area contributed by atoms with E-state index in [0.717, 1.165) is 33.3 Å². The van der Waals surface area contributed by atoms with E-state index in [0.29, 0.717) is 19.4 Å². The van der Waals surface area contributed by atoms with Gasteiger partial charge in [0.05, 0.1) is 4.90 Å². The molecule has 1 aliphatic rings. The first-order chi connectivity index (χ1) is 15.3. The van der Waals surface area contributed by atoms with E-state index >= 15 is 0 Å². The van der Waals surface area contributed by atoms with Crippen molar-refractivity contribution in [2.75, 3.05) is 6.54 Å². The molecule has 1 saturated heterocycles. The second-order valence-electron chi connectivity index (χ2n) is 7.65. The standard InChI is InChI=1S/C24H22BrFN2O3S/c25-20-8-6-18(7-9-20)19-4-1-3-17(15-19)16-27-24(29)23-5-2-14-28(23)32(30,31)22-12-10-21(26)11-13-22/h1,3-4,6-13,15,23H,2,5,14,16H2,(H,27,29). The number of nitrogens with one attached hydrogen (secondary N) is 1. The highest BCUT2D eigenvalue weighted by Gasteiger charge is 2.39. The Hall–Kier alpha value is -2.55. The first kappa shape index (κ1) is 22.6. The molecule has 1 fully saturated rings. The number of hydrogen-bond donors (Lipinski definition) is 1. The monoisotopic (exact) mass is 516 g/mol. The molecule has 3 aromatic carbocycles. The van der Waals surface area contributed by atoms with Crippen LogP contribution in [-0.4, -0.2) is 31.2 Å². The molecule has 0 aromatic heterocycles. The van der Waals surface area contributed by atoms with Crippen molar-refractivity contribution in [3.05, 3.63) is 88.6 Å². The van der Waals surface area contributed by atoms with Crippen LogP contribution in [0.4, 0.5) is 4.39 Å². The predicted molar refractivity (Wildman–Crippen MR) is 125 cm³/mol. The molecule has 1 amide bonds. The number of carbonyl (C=O) groups is 1. The Bertz CT molecular complexity index is 1210. The molecule has 4 rings (SSSR count). The minimum Gasteiger partial charge on any atom is -0.351 e. The van der Waals surface area contributed by atoms with Gasteiger partial charge in [-0.05, 0) is 72.0 Å². The normalized spacial score (nSPS) is 16.8. The molecular formula is C24H22BrFN2O3S. The molecule has 0 saturated carbocycles. The van der Waals surface area contributed by atoms with Gasteiger partial charge in [-0.2, -0.15) is 4.31 Å². The second-order valence-corrected chi connectivity index (χ2v) is 10.5. The Morgan fingerprint density at radius 3 is 2.47 bits per heavy atom. The van der Waals surface area contributed by atoms with Crippen LogP contribution in [0.15, 0.2) is 82.2 Å². The summed E-state index contributed by atoms with van der Waals surface area (Å²) >= 11 is 3.43. The summed E-state index contributed by atoms with van der Waals surface area (Å²) in [5.41, 5.74) is 3.02. The molecule has 8 heteroatoms. The van der Waals surface area contributed by atoms with Gasteiger partial charge in [0, 0.05) is 17.6 Å². The van der Waals surface area contributed by atoms with Crippen LogP contribution in [0.25, 0.3) is 11.1 Å². The van der Waals surface area contributed by atoms with Crippen molar-refractivity contribution >= 4 is 31.9 Å². The number of halogens is 2. The summed E-state index contributed by atoms with van der Waals surface area (Å²) in [4.78, 5) is 12.9. The number of carbonyl (C=O) groups excluding carboxylic acids is 1. The Kier molecular flexibility index (Phi) is 6.74. The highest BCUT2D eigenvalue weighted by atomic mass is 79.9. The SMILES string of the molecule is O=C(NCc1cccc(-c2ccc(Br)cc2)c1)C1CCCN1S(=O)(=O)c1ccc(F)cc1. The molecule has 32 heavy (non-hydrogen) atoms. The highest BCUT2D eigenvalue weighted by molar-refractivity contribution is 9.10. The smallest absolute Gasteiger partial charge is 0.243 e. The lowest BCUT2D eigenvalue weighted by molar-refractivity contribution is -0.124. The van der Waals surface area contributed by atoms with Gasteiger partial charge in [0.15, 0.2) is 0 Å². The van der Waals surface area contributed by atoms with Gasteiger partial charge in [-0.25, -0.2) is 12.8 Å². The first-order valence-electron chi connectivity index (χ1n) is 10.2. The van der Waals surface area contributed by atoms with Crippen LogP contribution in [-0.2, 0) is 21.4 Å². The van der Waals surface area contributed by atoms with Crippen molar-refractivity contribution in [1.29, 1.82) is 0 Å². The quantitative estimate of drug-likeness (QED) is 0.515. The van der Waals surface area contributed by atoms with Gasteiger partial charge in [-0.1, -0.05) is 46.3 Å². The molecule has 0 radical (unpaired) electrons. The van der Waals surface area contributed by atoms with E-state index in [1.807, 2.05) is 48.5 Å². The topological polar surface area (TPSA) is 66.5 Å². The lowest BCUT2D eigenvalue weighted by Crippen LogP contribution is -2.45. The van der Waals surface area contributed by atoms with Crippen molar-refractivity contribution in [1.82, 2.24) is 9.62 Å². The molecule has 1 atom stereocenters. The van der Waals surface area contributed by atoms with Crippen molar-refractivity contribution in [2.24, 2.45) is 0 Å².